The van der Waals surface area contributed by atoms with Gasteiger partial charge in [-0.1, -0.05) is 0 Å². The largest absolute Gasteiger partial charge is 0.198 e. The topological polar surface area (TPSA) is 24.7 Å². The van der Waals surface area contributed by atoms with Crippen LogP contribution in [0, 0.1) is 0 Å². The summed E-state index contributed by atoms with van der Waals surface area (Å²) in [7, 11) is 1.66. The molecule has 0 atom stereocenters. The van der Waals surface area contributed by atoms with E-state index >= 15 is 0 Å². The Balaban J connectivity index is 2.66. The molecule has 2 nitrogen and oxygen atoms in total. The molecule has 0 saturated heterocycles. The van der Waals surface area contributed by atoms with Gasteiger partial charge in [-0.25, -0.2) is 0 Å². The lowest BCUT2D eigenvalue weighted by Crippen LogP contribution is -1.74. The van der Waals surface area contributed by atoms with Crippen LogP contribution in [0.3, 0.4) is 0 Å². The van der Waals surface area contributed by atoms with Crippen LogP contribution < -0.4 is 0 Å². The fraction of sp³-hybridized carbons (Fsp3) is 1.00. The van der Waals surface area contributed by atoms with Gasteiger partial charge in [0.1, 0.15) is 0 Å². The quantitative estimate of drug-likeness (QED) is 0.399. The normalized spacial score (nSPS) is 10.3. The highest BCUT2D eigenvalue weighted by Crippen LogP contribution is 1.73. The zero-order valence-corrected chi connectivity index (χ0v) is 4.65. The summed E-state index contributed by atoms with van der Waals surface area (Å²) in [5.74, 6) is 0.789. The number of hydrogen-bond acceptors (Lipinski definition) is 3. The molecule has 0 saturated carbocycles. The third-order valence-electron chi connectivity index (χ3n) is 0.341. The van der Waals surface area contributed by atoms with Crippen molar-refractivity contribution in [1.82, 2.24) is 0 Å². The van der Waals surface area contributed by atoms with E-state index in [-0.39, 0.29) is 0 Å². The molecule has 0 spiro atoms. The van der Waals surface area contributed by atoms with Crippen molar-refractivity contribution < 1.29 is 0 Å². The first-order chi connectivity index (χ1) is 2.91. The van der Waals surface area contributed by atoms with E-state index in [9.17, 15) is 0 Å². The Bertz CT molecular complexity index is 44.1. The van der Waals surface area contributed by atoms with Gasteiger partial charge in [0.05, 0.1) is 6.54 Å². The second-order valence-corrected chi connectivity index (χ2v) is 1.24. The van der Waals surface area contributed by atoms with Crippen molar-refractivity contribution in [3.8, 4) is 0 Å². The van der Waals surface area contributed by atoms with Crippen LogP contribution in [0.15, 0.2) is 10.2 Å². The van der Waals surface area contributed by atoms with Crippen LogP contribution in [-0.4, -0.2) is 19.3 Å². The minimum Gasteiger partial charge on any atom is -0.198 e. The Hall–Kier alpha value is -0.0500. The Morgan fingerprint density at radius 1 is 1.67 bits per heavy atom. The molecule has 0 rings (SSSR count). The van der Waals surface area contributed by atoms with Crippen molar-refractivity contribution in [3.05, 3.63) is 0 Å². The molecular formula is C3H8N2S. The summed E-state index contributed by atoms with van der Waals surface area (Å²) in [6.45, 7) is 0.736. The summed E-state index contributed by atoms with van der Waals surface area (Å²) >= 11 is 3.90. The van der Waals surface area contributed by atoms with E-state index in [0.29, 0.717) is 0 Å². The van der Waals surface area contributed by atoms with Crippen LogP contribution in [0.1, 0.15) is 0 Å². The minimum absolute atomic E-state index is 0.736. The van der Waals surface area contributed by atoms with Gasteiger partial charge in [-0.05, 0) is 0 Å². The average Bonchev–Trinajstić information content (AvgIpc) is 1.61. The van der Waals surface area contributed by atoms with Crippen molar-refractivity contribution in [3.63, 3.8) is 0 Å². The molecule has 0 unspecified atom stereocenters. The smallest absolute Gasteiger partial charge is 0.0686 e. The summed E-state index contributed by atoms with van der Waals surface area (Å²) in [4.78, 5) is 0. The molecule has 0 bridgehead atoms. The Kier molecular flexibility index (Phi) is 4.91. The van der Waals surface area contributed by atoms with Crippen molar-refractivity contribution in [1.29, 1.82) is 0 Å². The van der Waals surface area contributed by atoms with Crippen LogP contribution >= 0.6 is 12.6 Å². The third kappa shape index (κ3) is 3.95. The molecule has 0 N–H and O–H groups in total. The molecule has 0 heterocycles. The van der Waals surface area contributed by atoms with Gasteiger partial charge in [-0.15, -0.1) is 0 Å². The predicted octanol–water partition coefficient (Wildman–Crippen LogP) is 0.998. The second kappa shape index (κ2) is 4.95. The van der Waals surface area contributed by atoms with Crippen molar-refractivity contribution in [2.75, 3.05) is 19.3 Å². The molecule has 0 aliphatic carbocycles. The van der Waals surface area contributed by atoms with Crippen LogP contribution in [0.25, 0.3) is 0 Å². The molecule has 3 heteroatoms. The molecule has 6 heavy (non-hydrogen) atoms. The van der Waals surface area contributed by atoms with Crippen molar-refractivity contribution in [2.24, 2.45) is 10.2 Å². The highest BCUT2D eigenvalue weighted by Gasteiger charge is 1.66. The summed E-state index contributed by atoms with van der Waals surface area (Å²) in [5.41, 5.74) is 0. The van der Waals surface area contributed by atoms with Crippen LogP contribution in [-0.2, 0) is 0 Å². The van der Waals surface area contributed by atoms with E-state index in [0.717, 1.165) is 12.3 Å². The van der Waals surface area contributed by atoms with Crippen LogP contribution in [0.4, 0.5) is 0 Å². The van der Waals surface area contributed by atoms with Crippen molar-refractivity contribution >= 4 is 12.6 Å². The van der Waals surface area contributed by atoms with E-state index in [1.54, 1.807) is 7.05 Å². The first kappa shape index (κ1) is 5.95. The fourth-order valence-electron chi connectivity index (χ4n) is 0.145. The van der Waals surface area contributed by atoms with E-state index in [1.807, 2.05) is 0 Å². The van der Waals surface area contributed by atoms with Crippen LogP contribution in [0.2, 0.25) is 0 Å². The van der Waals surface area contributed by atoms with Gasteiger partial charge >= 0.3 is 0 Å². The standard InChI is InChI=1S/C3H8N2S/c1-4-5-2-3-6/h6H,2-3H2,1H3/b5-4+. The van der Waals surface area contributed by atoms with Gasteiger partial charge in [0.15, 0.2) is 0 Å². The van der Waals surface area contributed by atoms with Gasteiger partial charge in [0.2, 0.25) is 0 Å². The second-order valence-electron chi connectivity index (χ2n) is 0.789. The molecule has 0 aliphatic rings. The first-order valence-corrected chi connectivity index (χ1v) is 2.41. The molecule has 0 aliphatic heterocycles. The predicted molar refractivity (Wildman–Crippen MR) is 29.5 cm³/mol. The maximum atomic E-state index is 3.90. The summed E-state index contributed by atoms with van der Waals surface area (Å²) in [6, 6.07) is 0. The molecule has 0 aromatic carbocycles. The Labute approximate surface area is 43.1 Å². The molecule has 0 aromatic heterocycles. The lowest BCUT2D eigenvalue weighted by molar-refractivity contribution is 0.987. The zero-order valence-electron chi connectivity index (χ0n) is 3.76. The summed E-state index contributed by atoms with van der Waals surface area (Å²) < 4.78 is 0. The van der Waals surface area contributed by atoms with E-state index in [2.05, 4.69) is 22.9 Å². The average molecular weight is 104 g/mol. The maximum Gasteiger partial charge on any atom is 0.0686 e. The highest BCUT2D eigenvalue weighted by molar-refractivity contribution is 7.80. The number of rotatable bonds is 2. The molecule has 36 valence electrons. The maximum absolute atomic E-state index is 3.90. The van der Waals surface area contributed by atoms with Crippen LogP contribution in [0.5, 0.6) is 0 Å². The molecule has 0 amide bonds. The Morgan fingerprint density at radius 2 is 2.33 bits per heavy atom. The van der Waals surface area contributed by atoms with Gasteiger partial charge in [0.25, 0.3) is 0 Å². The van der Waals surface area contributed by atoms with E-state index < -0.39 is 0 Å². The molecular weight excluding hydrogens is 96.1 g/mol. The van der Waals surface area contributed by atoms with Gasteiger partial charge in [0, 0.05) is 12.8 Å². The minimum atomic E-state index is 0.736. The fourth-order valence-corrected chi connectivity index (χ4v) is 0.234. The van der Waals surface area contributed by atoms with E-state index in [4.69, 9.17) is 0 Å². The molecule has 0 radical (unpaired) electrons. The first-order valence-electron chi connectivity index (χ1n) is 1.78. The number of azo groups is 1. The monoisotopic (exact) mass is 104 g/mol. The number of thiol groups is 1. The molecule has 0 fully saturated rings. The number of hydrogen-bond donors (Lipinski definition) is 1. The van der Waals surface area contributed by atoms with E-state index in [1.165, 1.54) is 0 Å². The lowest BCUT2D eigenvalue weighted by atomic mass is 10.8. The summed E-state index contributed by atoms with van der Waals surface area (Å²) in [5, 5.41) is 7.14. The van der Waals surface area contributed by atoms with Gasteiger partial charge in [-0.3, -0.25) is 0 Å². The van der Waals surface area contributed by atoms with Gasteiger partial charge < -0.3 is 0 Å². The number of nitrogens with zero attached hydrogens (tertiary/aromatic N) is 2. The van der Waals surface area contributed by atoms with Crippen molar-refractivity contribution in [2.45, 2.75) is 0 Å². The molecule has 0 aromatic rings. The Morgan fingerprint density at radius 3 is 2.50 bits per heavy atom. The zero-order chi connectivity index (χ0) is 4.83. The SMILES string of the molecule is C/N=N/CCS. The lowest BCUT2D eigenvalue weighted by Gasteiger charge is -1.75. The van der Waals surface area contributed by atoms with Gasteiger partial charge in [-0.2, -0.15) is 22.9 Å². The third-order valence-corrected chi connectivity index (χ3v) is 0.541. The summed E-state index contributed by atoms with van der Waals surface area (Å²) in [6.07, 6.45) is 0. The highest BCUT2D eigenvalue weighted by atomic mass is 32.1.